The van der Waals surface area contributed by atoms with E-state index in [4.69, 9.17) is 9.88 Å². The highest BCUT2D eigenvalue weighted by molar-refractivity contribution is 9.12. The highest BCUT2D eigenvalue weighted by Crippen LogP contribution is 2.60. The molecule has 0 radical (unpaired) electrons. The third-order valence-electron chi connectivity index (χ3n) is 7.44. The van der Waals surface area contributed by atoms with Crippen molar-refractivity contribution in [3.8, 4) is 5.75 Å². The topological polar surface area (TPSA) is 21.7 Å². The molecule has 170 valence electrons. The Kier molecular flexibility index (Phi) is 6.19. The Hall–Kier alpha value is -1.30. The molecule has 1 aliphatic heterocycles. The summed E-state index contributed by atoms with van der Waals surface area (Å²) in [6.07, 6.45) is 15.9. The normalized spacial score (nSPS) is 28.6. The predicted octanol–water partition coefficient (Wildman–Crippen LogP) is 8.49. The first kappa shape index (κ1) is 22.5. The van der Waals surface area contributed by atoms with E-state index >= 15 is 0 Å². The minimum Gasteiger partial charge on any atom is -0.312 e. The SMILES string of the molecule is C=C1CCCCC/C=C(Br)\C=C/1c1c2c(cc(Br)c1OON1C(C)=C3CC31C)CCCC2. The quantitative estimate of drug-likeness (QED) is 0.272. The van der Waals surface area contributed by atoms with Gasteiger partial charge in [0.15, 0.2) is 5.75 Å². The molecule has 3 aliphatic carbocycles. The van der Waals surface area contributed by atoms with Crippen molar-refractivity contribution in [2.75, 3.05) is 0 Å². The Morgan fingerprint density at radius 2 is 1.84 bits per heavy atom. The largest absolute Gasteiger partial charge is 0.312 e. The summed E-state index contributed by atoms with van der Waals surface area (Å²) in [7, 11) is 0. The highest BCUT2D eigenvalue weighted by Gasteiger charge is 2.61. The number of allylic oxidation sites excluding steroid dienone is 6. The van der Waals surface area contributed by atoms with E-state index < -0.39 is 0 Å². The molecule has 0 saturated heterocycles. The number of halogens is 2. The van der Waals surface area contributed by atoms with Gasteiger partial charge in [-0.1, -0.05) is 40.0 Å². The molecule has 1 fully saturated rings. The van der Waals surface area contributed by atoms with Crippen LogP contribution < -0.4 is 4.89 Å². The number of aryl methyl sites for hydroxylation is 1. The molecule has 32 heavy (non-hydrogen) atoms. The van der Waals surface area contributed by atoms with Crippen LogP contribution in [0.25, 0.3) is 5.57 Å². The molecule has 1 heterocycles. The van der Waals surface area contributed by atoms with Crippen molar-refractivity contribution in [1.29, 1.82) is 0 Å². The Labute approximate surface area is 208 Å². The third-order valence-corrected chi connectivity index (χ3v) is 8.58. The zero-order valence-corrected chi connectivity index (χ0v) is 22.2. The van der Waals surface area contributed by atoms with Gasteiger partial charge in [0.1, 0.15) is 0 Å². The molecule has 0 aromatic heterocycles. The van der Waals surface area contributed by atoms with Crippen molar-refractivity contribution < 1.29 is 9.88 Å². The van der Waals surface area contributed by atoms with E-state index in [1.807, 2.05) is 5.06 Å². The number of nitrogens with zero attached hydrogens (tertiary/aromatic N) is 1. The van der Waals surface area contributed by atoms with Crippen LogP contribution in [0, 0.1) is 0 Å². The molecular weight excluding hydrogens is 530 g/mol. The lowest BCUT2D eigenvalue weighted by Gasteiger charge is -2.35. The molecule has 0 spiro atoms. The summed E-state index contributed by atoms with van der Waals surface area (Å²) >= 11 is 7.61. The van der Waals surface area contributed by atoms with E-state index in [9.17, 15) is 0 Å². The van der Waals surface area contributed by atoms with E-state index in [1.165, 1.54) is 65.6 Å². The minimum atomic E-state index is 0.0238. The summed E-state index contributed by atoms with van der Waals surface area (Å²) in [5, 5.41) is 1.92. The molecule has 1 unspecified atom stereocenters. The third kappa shape index (κ3) is 3.95. The first-order chi connectivity index (χ1) is 15.4. The second-order valence-corrected chi connectivity index (χ2v) is 11.5. The van der Waals surface area contributed by atoms with Crippen molar-refractivity contribution in [2.45, 2.75) is 83.6 Å². The van der Waals surface area contributed by atoms with Crippen LogP contribution in [0.3, 0.4) is 0 Å². The second kappa shape index (κ2) is 8.81. The molecule has 1 aromatic carbocycles. The van der Waals surface area contributed by atoms with Gasteiger partial charge < -0.3 is 4.89 Å². The van der Waals surface area contributed by atoms with Crippen molar-refractivity contribution >= 4 is 37.4 Å². The maximum absolute atomic E-state index is 6.16. The molecular formula is C27H31Br2NO2. The van der Waals surface area contributed by atoms with Gasteiger partial charge in [-0.2, -0.15) is 0 Å². The Bertz CT molecular complexity index is 1070. The number of rotatable bonds is 4. The minimum absolute atomic E-state index is 0.0238. The summed E-state index contributed by atoms with van der Waals surface area (Å²) in [5.74, 6) is 0.765. The van der Waals surface area contributed by atoms with Gasteiger partial charge in [0.2, 0.25) is 0 Å². The Balaban J connectivity index is 1.58. The molecule has 0 amide bonds. The average molecular weight is 561 g/mol. The van der Waals surface area contributed by atoms with Crippen molar-refractivity contribution in [3.63, 3.8) is 0 Å². The number of hydroxylamine groups is 2. The van der Waals surface area contributed by atoms with Crippen LogP contribution >= 0.6 is 31.9 Å². The highest BCUT2D eigenvalue weighted by atomic mass is 79.9. The van der Waals surface area contributed by atoms with E-state index in [0.29, 0.717) is 0 Å². The van der Waals surface area contributed by atoms with Gasteiger partial charge in [-0.15, -0.1) is 0 Å². The summed E-state index contributed by atoms with van der Waals surface area (Å²) in [5.41, 5.74) is 8.96. The van der Waals surface area contributed by atoms with Crippen LogP contribution in [-0.2, 0) is 17.8 Å². The number of hydrogen-bond acceptors (Lipinski definition) is 3. The fourth-order valence-corrected chi connectivity index (χ4v) is 6.46. The van der Waals surface area contributed by atoms with Crippen molar-refractivity contribution in [2.24, 2.45) is 0 Å². The number of benzene rings is 1. The maximum Gasteiger partial charge on any atom is 0.190 e. The molecule has 1 atom stereocenters. The van der Waals surface area contributed by atoms with Gasteiger partial charge in [0.25, 0.3) is 0 Å². The van der Waals surface area contributed by atoms with Crippen LogP contribution in [0.1, 0.15) is 81.9 Å². The Morgan fingerprint density at radius 3 is 2.62 bits per heavy atom. The summed E-state index contributed by atoms with van der Waals surface area (Å²) in [6, 6.07) is 2.23. The summed E-state index contributed by atoms with van der Waals surface area (Å²) < 4.78 is 2.06. The smallest absolute Gasteiger partial charge is 0.190 e. The first-order valence-electron chi connectivity index (χ1n) is 11.9. The van der Waals surface area contributed by atoms with Crippen LogP contribution in [0.2, 0.25) is 0 Å². The second-order valence-electron chi connectivity index (χ2n) is 9.72. The van der Waals surface area contributed by atoms with Crippen molar-refractivity contribution in [3.05, 3.63) is 67.3 Å². The lowest BCUT2D eigenvalue weighted by Crippen LogP contribution is -2.41. The van der Waals surface area contributed by atoms with E-state index in [0.717, 1.165) is 52.4 Å². The lowest BCUT2D eigenvalue weighted by molar-refractivity contribution is -0.375. The standard InChI is InChI=1S/C27H31Br2NO2/c1-17-10-6-4-5-7-12-20(28)15-22(17)25-21-13-9-8-11-19(21)14-24(29)26(25)31-32-30-18(2)23-16-27(23,30)3/h12,14-15H,1,4-11,13,16H2,2-3H3/b20-12+,22-15+. The van der Waals surface area contributed by atoms with Crippen LogP contribution in [0.5, 0.6) is 5.75 Å². The first-order valence-corrected chi connectivity index (χ1v) is 13.4. The summed E-state index contributed by atoms with van der Waals surface area (Å²) in [4.78, 5) is 12.1. The van der Waals surface area contributed by atoms with Gasteiger partial charge in [-0.3, -0.25) is 0 Å². The molecule has 4 aliphatic rings. The lowest BCUT2D eigenvalue weighted by atomic mass is 9.82. The van der Waals surface area contributed by atoms with Gasteiger partial charge in [0.05, 0.1) is 10.0 Å². The van der Waals surface area contributed by atoms with E-state index in [2.05, 4.69) is 70.5 Å². The van der Waals surface area contributed by atoms with Gasteiger partial charge in [-0.25, -0.2) is 5.06 Å². The molecule has 1 saturated carbocycles. The zero-order valence-electron chi connectivity index (χ0n) is 19.0. The monoisotopic (exact) mass is 559 g/mol. The van der Waals surface area contributed by atoms with Gasteiger partial charge >= 0.3 is 0 Å². The molecule has 1 aromatic rings. The fourth-order valence-electron chi connectivity index (χ4n) is 5.46. The fraction of sp³-hybridized carbons (Fsp3) is 0.481. The molecule has 5 rings (SSSR count). The van der Waals surface area contributed by atoms with Crippen LogP contribution in [0.4, 0.5) is 0 Å². The molecule has 3 nitrogen and oxygen atoms in total. The van der Waals surface area contributed by atoms with Crippen LogP contribution in [-0.4, -0.2) is 10.6 Å². The van der Waals surface area contributed by atoms with Gasteiger partial charge in [-0.05, 0) is 121 Å². The van der Waals surface area contributed by atoms with Crippen LogP contribution in [0.15, 0.2) is 50.6 Å². The summed E-state index contributed by atoms with van der Waals surface area (Å²) in [6.45, 7) is 8.82. The Morgan fingerprint density at radius 1 is 1.06 bits per heavy atom. The molecule has 5 heteroatoms. The number of hydrogen-bond donors (Lipinski definition) is 0. The zero-order chi connectivity index (χ0) is 22.5. The maximum atomic E-state index is 6.16. The average Bonchev–Trinajstić information content (AvgIpc) is 3.40. The predicted molar refractivity (Wildman–Crippen MR) is 137 cm³/mol. The van der Waals surface area contributed by atoms with Crippen molar-refractivity contribution in [1.82, 2.24) is 5.06 Å². The van der Waals surface area contributed by atoms with E-state index in [1.54, 1.807) is 0 Å². The molecule has 0 N–H and O–H groups in total. The van der Waals surface area contributed by atoms with Gasteiger partial charge in [0, 0.05) is 22.2 Å². The number of fused-ring (bicyclic) bond motifs is 2. The van der Waals surface area contributed by atoms with E-state index in [-0.39, 0.29) is 5.54 Å². The molecule has 0 bridgehead atoms.